The number of likely N-dealkylation sites (N-methyl/N-ethyl adjacent to an activating group) is 1. The summed E-state index contributed by atoms with van der Waals surface area (Å²) in [6.45, 7) is -16.8. The van der Waals surface area contributed by atoms with Crippen molar-refractivity contribution in [1.29, 1.82) is 0 Å². The minimum Gasteiger partial charge on any atom is -0.336 e. The van der Waals surface area contributed by atoms with E-state index in [9.17, 15) is 25.1 Å². The van der Waals surface area contributed by atoms with E-state index in [4.69, 9.17) is 34.3 Å². The second-order valence-corrected chi connectivity index (χ2v) is 10.1. The van der Waals surface area contributed by atoms with Crippen molar-refractivity contribution in [2.24, 2.45) is 5.89 Å². The summed E-state index contributed by atoms with van der Waals surface area (Å²) in [7, 11) is 0. The molecule has 0 fully saturated rings. The molecule has 1 aliphatic rings. The van der Waals surface area contributed by atoms with Crippen LogP contribution in [-0.2, 0) is 42.5 Å². The summed E-state index contributed by atoms with van der Waals surface area (Å²) in [5, 5.41) is -1.26. The van der Waals surface area contributed by atoms with Crippen molar-refractivity contribution >= 4 is 17.7 Å². The highest BCUT2D eigenvalue weighted by molar-refractivity contribution is 7.98. The Kier molecular flexibility index (Phi) is 4.68. The summed E-state index contributed by atoms with van der Waals surface area (Å²) in [6, 6.07) is -17.5. The number of rotatable bonds is 13. The van der Waals surface area contributed by atoms with Gasteiger partial charge in [0.2, 0.25) is 5.91 Å². The van der Waals surface area contributed by atoms with Crippen LogP contribution in [0.4, 0.5) is 17.6 Å². The van der Waals surface area contributed by atoms with E-state index in [1.54, 1.807) is 0 Å². The second-order valence-electron chi connectivity index (χ2n) is 9.36. The molecule has 0 N–H and O–H groups in total. The van der Waals surface area contributed by atoms with E-state index in [1.807, 2.05) is 0 Å². The molecule has 254 valence electrons. The number of hydrogen-bond acceptors (Lipinski definition) is 5. The molecule has 0 saturated heterocycles. The maximum absolute atomic E-state index is 15.2. The van der Waals surface area contributed by atoms with Crippen molar-refractivity contribution in [3.05, 3.63) is 117 Å². The van der Waals surface area contributed by atoms with Gasteiger partial charge in [0, 0.05) is 54.3 Å². The molecule has 48 heavy (non-hydrogen) atoms. The molecule has 11 heteroatoms. The summed E-state index contributed by atoms with van der Waals surface area (Å²) in [5.41, 5.74) is -14.7. The van der Waals surface area contributed by atoms with E-state index in [0.717, 1.165) is 0 Å². The van der Waals surface area contributed by atoms with Gasteiger partial charge in [-0.05, 0) is 78.1 Å². The van der Waals surface area contributed by atoms with Crippen molar-refractivity contribution in [1.82, 2.24) is 19.4 Å². The number of thioether (sulfide) groups is 1. The molecule has 0 aliphatic heterocycles. The molecule has 0 spiro atoms. The number of amides is 1. The number of hydrogen-bond donors (Lipinski definition) is 0. The molecule has 1 heterocycles. The molecule has 3 aromatic carbocycles. The zero-order valence-corrected chi connectivity index (χ0v) is 25.8. The lowest BCUT2D eigenvalue weighted by atomic mass is 10.0. The van der Waals surface area contributed by atoms with Crippen molar-refractivity contribution in [2.75, 3.05) is 26.0 Å². The molecule has 5 rings (SSSR count). The van der Waals surface area contributed by atoms with Crippen molar-refractivity contribution < 1.29 is 59.4 Å². The third-order valence-corrected chi connectivity index (χ3v) is 6.90. The fraction of sp³-hybridized carbons (Fsp3) is 0.378. The molecule has 0 saturated carbocycles. The van der Waals surface area contributed by atoms with Gasteiger partial charge in [0.15, 0.2) is 5.16 Å². The molecule has 1 aliphatic carbocycles. The quantitative estimate of drug-likeness (QED) is 0.0821. The molecule has 1 aromatic heterocycles. The van der Waals surface area contributed by atoms with Gasteiger partial charge in [-0.2, -0.15) is 18.2 Å². The number of carbonyl (C=O) groups is 1. The fourth-order valence-electron chi connectivity index (χ4n) is 3.87. The Morgan fingerprint density at radius 1 is 1.00 bits per heavy atom. The Morgan fingerprint density at radius 3 is 2.21 bits per heavy atom. The van der Waals surface area contributed by atoms with Crippen LogP contribution < -0.4 is 5.56 Å². The summed E-state index contributed by atoms with van der Waals surface area (Å²) >= 11 is -0.414. The van der Waals surface area contributed by atoms with Crippen LogP contribution in [0.2, 0.25) is 0 Å². The van der Waals surface area contributed by atoms with Crippen molar-refractivity contribution in [2.45, 2.75) is 63.6 Å². The number of nitrogens with zero attached hydrogens (tertiary/aromatic N) is 4. The van der Waals surface area contributed by atoms with Crippen LogP contribution in [0.5, 0.6) is 0 Å². The van der Waals surface area contributed by atoms with Crippen LogP contribution in [0.3, 0.4) is 0 Å². The fourth-order valence-corrected chi connectivity index (χ4v) is 4.56. The van der Waals surface area contributed by atoms with E-state index in [2.05, 4.69) is 4.98 Å². The van der Waals surface area contributed by atoms with E-state index in [0.29, 0.717) is 20.8 Å². The average molecular weight is 708 g/mol. The lowest BCUT2D eigenvalue weighted by Crippen LogP contribution is -2.40. The normalized spacial score (nSPS) is 27.6. The molecule has 4 aromatic rings. The van der Waals surface area contributed by atoms with Gasteiger partial charge in [0.1, 0.15) is 12.4 Å². The minimum atomic E-state index is -5.48. The third-order valence-electron chi connectivity index (χ3n) is 6.10. The molecule has 0 bridgehead atoms. The SMILES string of the molecule is [2H]c1c([2H])c(C([2H])([2H])Sc2nc(=O)c3c(n2CC(=O)N(Cc2c([2H])c([2H])c(-c4c([2H])c([2H])c(C(F)(F)F)c([2H])c4[2H])c([2H])c2[2H])C([2H])([2H])C([2H])([2H])N(C([2H])([2H])C)C([2H])([2H])C)C([2H])([2H])C([2H])(C)C3([2H])[2H])c([2H])c([2H])c1F. The number of halogens is 4. The first-order valence-electron chi connectivity index (χ1n) is 26.9. The van der Waals surface area contributed by atoms with Gasteiger partial charge in [-0.3, -0.25) is 9.59 Å². The Balaban J connectivity index is 1.90. The largest absolute Gasteiger partial charge is 0.416 e. The van der Waals surface area contributed by atoms with Crippen LogP contribution >= 0.6 is 11.8 Å². The van der Waals surface area contributed by atoms with Gasteiger partial charge in [0.25, 0.3) is 5.56 Å². The van der Waals surface area contributed by atoms with E-state index in [1.165, 1.54) is 0 Å². The number of fused-ring (bicyclic) bond motifs is 1. The Hall–Kier alpha value is -3.96. The lowest BCUT2D eigenvalue weighted by molar-refractivity contribution is -0.137. The smallest absolute Gasteiger partial charge is 0.336 e. The number of alkyl halides is 3. The molecular weight excluding hydrogens is 640 g/mol. The standard InChI is InChI=1S/C37H40F4N4O2S/c1-4-43(5-2)18-19-44(22-26-6-10-28(11-7-26)29-12-14-30(15-13-29)37(39,40)41)34(46)23-45-33-21-25(3)20-32(33)35(47)42-36(45)48-24-27-8-16-31(38)17-9-27/h6-17,25H,4-5,18-24H2,1-3H3/i4D2,5D2,6D,7D,8D,9D,10D,11D,12D,13D,14D,15D,16D,17D,18D2,19D2,20D2,21D2,24D2,25D. The highest BCUT2D eigenvalue weighted by Crippen LogP contribution is 2.32. The molecule has 1 unspecified atom stereocenters. The monoisotopic (exact) mass is 707 g/mol. The maximum Gasteiger partial charge on any atom is 0.416 e. The summed E-state index contributed by atoms with van der Waals surface area (Å²) in [6.07, 6.45) is -12.4. The highest BCUT2D eigenvalue weighted by Gasteiger charge is 2.30. The predicted molar refractivity (Wildman–Crippen MR) is 181 cm³/mol. The molecule has 1 atom stereocenters. The Morgan fingerprint density at radius 2 is 1.60 bits per heavy atom. The first-order valence-corrected chi connectivity index (χ1v) is 14.2. The van der Waals surface area contributed by atoms with Gasteiger partial charge in [-0.25, -0.2) is 4.39 Å². The van der Waals surface area contributed by atoms with Gasteiger partial charge < -0.3 is 14.4 Å². The second kappa shape index (κ2) is 15.5. The van der Waals surface area contributed by atoms with E-state index < -0.39 is 215 Å². The number of benzene rings is 3. The molecule has 0 radical (unpaired) electrons. The average Bonchev–Trinajstić information content (AvgIpc) is 3.34. The third kappa shape index (κ3) is 8.73. The van der Waals surface area contributed by atoms with Gasteiger partial charge in [0.05, 0.1) is 24.8 Å². The van der Waals surface area contributed by atoms with E-state index in [-0.39, 0.29) is 14.4 Å². The lowest BCUT2D eigenvalue weighted by Gasteiger charge is -2.28. The van der Waals surface area contributed by atoms with Crippen LogP contribution in [0, 0.1) is 11.7 Å². The Bertz CT molecular complexity index is 3020. The zero-order valence-electron chi connectivity index (χ0n) is 51.9. The van der Waals surface area contributed by atoms with Crippen LogP contribution in [0.1, 0.15) is 85.7 Å². The van der Waals surface area contributed by atoms with Crippen molar-refractivity contribution in [3.8, 4) is 11.1 Å². The van der Waals surface area contributed by atoms with E-state index >= 15 is 4.79 Å². The molecule has 6 nitrogen and oxygen atoms in total. The zero-order chi connectivity index (χ0) is 58.3. The minimum absolute atomic E-state index is 0.180. The summed E-state index contributed by atoms with van der Waals surface area (Å²) in [5.74, 6) is -6.85. The first kappa shape index (κ1) is 14.5. The highest BCUT2D eigenvalue weighted by atomic mass is 32.2. The summed E-state index contributed by atoms with van der Waals surface area (Å²) < 4.78 is 288. The predicted octanol–water partition coefficient (Wildman–Crippen LogP) is 7.47. The van der Waals surface area contributed by atoms with Crippen LogP contribution in [0.15, 0.2) is 82.5 Å². The molecular formula is C37H40F4N4O2S. The Labute approximate surface area is 320 Å². The van der Waals surface area contributed by atoms with Crippen LogP contribution in [0.25, 0.3) is 11.1 Å². The molecule has 1 amide bonds. The van der Waals surface area contributed by atoms with Gasteiger partial charge >= 0.3 is 6.18 Å². The van der Waals surface area contributed by atoms with Gasteiger partial charge in [-0.15, -0.1) is 0 Å². The maximum atomic E-state index is 15.2. The summed E-state index contributed by atoms with van der Waals surface area (Å²) in [4.78, 5) is 32.0. The van der Waals surface area contributed by atoms with Crippen LogP contribution in [-0.4, -0.2) is 51.2 Å². The topological polar surface area (TPSA) is 58.4 Å². The number of aromatic nitrogens is 2. The first-order chi connectivity index (χ1) is 33.4. The number of carbonyl (C=O) groups excluding carboxylic acids is 1. The van der Waals surface area contributed by atoms with Crippen molar-refractivity contribution in [3.63, 3.8) is 0 Å². The van der Waals surface area contributed by atoms with Gasteiger partial charge in [-0.1, -0.05) is 80.9 Å².